The molecular formula is C20H32N2. The molecule has 0 saturated carbocycles. The summed E-state index contributed by atoms with van der Waals surface area (Å²) in [5.41, 5.74) is 3.21. The van der Waals surface area contributed by atoms with Gasteiger partial charge in [-0.15, -0.1) is 0 Å². The summed E-state index contributed by atoms with van der Waals surface area (Å²) >= 11 is 0. The first-order chi connectivity index (χ1) is 10.7. The Morgan fingerprint density at radius 1 is 1.05 bits per heavy atom. The Balaban J connectivity index is 1.62. The molecule has 1 aromatic carbocycles. The van der Waals surface area contributed by atoms with Crippen molar-refractivity contribution in [2.45, 2.75) is 52.0 Å². The second-order valence-corrected chi connectivity index (χ2v) is 7.52. The smallest absolute Gasteiger partial charge is 0.0351 e. The number of benzene rings is 1. The van der Waals surface area contributed by atoms with Crippen molar-refractivity contribution >= 4 is 0 Å². The largest absolute Gasteiger partial charge is 0.302 e. The van der Waals surface area contributed by atoms with Crippen LogP contribution in [0.4, 0.5) is 0 Å². The van der Waals surface area contributed by atoms with Crippen LogP contribution < -0.4 is 0 Å². The van der Waals surface area contributed by atoms with Gasteiger partial charge in [0.1, 0.15) is 0 Å². The maximum Gasteiger partial charge on any atom is 0.0351 e. The third kappa shape index (κ3) is 3.91. The van der Waals surface area contributed by atoms with Crippen LogP contribution >= 0.6 is 0 Å². The maximum absolute atomic E-state index is 2.77. The Morgan fingerprint density at radius 3 is 2.77 bits per heavy atom. The van der Waals surface area contributed by atoms with Gasteiger partial charge < -0.3 is 4.90 Å². The minimum absolute atomic E-state index is 0.676. The van der Waals surface area contributed by atoms with E-state index in [1.54, 1.807) is 11.1 Å². The summed E-state index contributed by atoms with van der Waals surface area (Å²) in [4.78, 5) is 5.46. The van der Waals surface area contributed by atoms with Crippen LogP contribution in [-0.2, 0) is 6.42 Å². The first-order valence-corrected chi connectivity index (χ1v) is 9.28. The van der Waals surface area contributed by atoms with Crippen molar-refractivity contribution in [2.75, 3.05) is 32.7 Å². The number of aryl methyl sites for hydroxylation is 1. The highest BCUT2D eigenvalue weighted by atomic mass is 15.2. The first kappa shape index (κ1) is 16.0. The van der Waals surface area contributed by atoms with E-state index in [-0.39, 0.29) is 0 Å². The number of fused-ring (bicyclic) bond motifs is 1. The maximum atomic E-state index is 2.77. The predicted octanol–water partition coefficient (Wildman–Crippen LogP) is 4.12. The first-order valence-electron chi connectivity index (χ1n) is 9.28. The van der Waals surface area contributed by atoms with E-state index in [9.17, 15) is 0 Å². The Hall–Kier alpha value is -0.860. The Morgan fingerprint density at radius 2 is 1.91 bits per heavy atom. The van der Waals surface area contributed by atoms with Gasteiger partial charge in [-0.1, -0.05) is 38.1 Å². The third-order valence-corrected chi connectivity index (χ3v) is 5.42. The molecule has 1 aliphatic heterocycles. The van der Waals surface area contributed by atoms with E-state index < -0.39 is 0 Å². The molecule has 2 nitrogen and oxygen atoms in total. The summed E-state index contributed by atoms with van der Waals surface area (Å²) < 4.78 is 0. The van der Waals surface area contributed by atoms with Gasteiger partial charge in [-0.05, 0) is 62.2 Å². The molecule has 0 spiro atoms. The summed E-state index contributed by atoms with van der Waals surface area (Å²) in [6.07, 6.45) is 6.66. The minimum Gasteiger partial charge on any atom is -0.302 e. The van der Waals surface area contributed by atoms with Crippen LogP contribution in [0.2, 0.25) is 0 Å². The van der Waals surface area contributed by atoms with Gasteiger partial charge in [0.15, 0.2) is 0 Å². The fourth-order valence-electron chi connectivity index (χ4n) is 4.07. The van der Waals surface area contributed by atoms with Gasteiger partial charge in [-0.25, -0.2) is 0 Å². The van der Waals surface area contributed by atoms with Crippen LogP contribution in [-0.4, -0.2) is 42.5 Å². The lowest BCUT2D eigenvalue weighted by atomic mass is 9.87. The van der Waals surface area contributed by atoms with E-state index in [4.69, 9.17) is 0 Å². The van der Waals surface area contributed by atoms with E-state index in [0.717, 1.165) is 5.92 Å². The number of hydrogen-bond donors (Lipinski definition) is 0. The quantitative estimate of drug-likeness (QED) is 0.825. The molecule has 22 heavy (non-hydrogen) atoms. The van der Waals surface area contributed by atoms with Crippen LogP contribution in [0.5, 0.6) is 0 Å². The van der Waals surface area contributed by atoms with Gasteiger partial charge in [0, 0.05) is 25.7 Å². The fraction of sp³-hybridized carbons (Fsp3) is 0.700. The standard InChI is InChI=1S/C20H32N2/c1-17(2)11-14-21-12-6-13-22(16-15-21)20-10-5-8-18-7-3-4-9-19(18)20/h3-4,7,9,17,20H,5-6,8,10-16H2,1-2H3/t20-/m1/s1. The zero-order valence-electron chi connectivity index (χ0n) is 14.4. The molecule has 0 aromatic heterocycles. The van der Waals surface area contributed by atoms with Crippen molar-refractivity contribution in [3.8, 4) is 0 Å². The third-order valence-electron chi connectivity index (χ3n) is 5.42. The Bertz CT molecular complexity index is 469. The van der Waals surface area contributed by atoms with Gasteiger partial charge in [0.2, 0.25) is 0 Å². The van der Waals surface area contributed by atoms with E-state index in [2.05, 4.69) is 47.9 Å². The second kappa shape index (κ2) is 7.61. The molecule has 2 aliphatic rings. The zero-order valence-corrected chi connectivity index (χ0v) is 14.4. The summed E-state index contributed by atoms with van der Waals surface area (Å²) in [6, 6.07) is 9.82. The van der Waals surface area contributed by atoms with E-state index in [0.29, 0.717) is 6.04 Å². The van der Waals surface area contributed by atoms with Gasteiger partial charge >= 0.3 is 0 Å². The predicted molar refractivity (Wildman–Crippen MR) is 94.2 cm³/mol. The van der Waals surface area contributed by atoms with Crippen molar-refractivity contribution in [1.82, 2.24) is 9.80 Å². The summed E-state index contributed by atoms with van der Waals surface area (Å²) in [6.45, 7) is 11.0. The average molecular weight is 300 g/mol. The number of nitrogens with zero attached hydrogens (tertiary/aromatic N) is 2. The molecule has 0 amide bonds. The summed E-state index contributed by atoms with van der Waals surface area (Å²) in [5.74, 6) is 0.824. The van der Waals surface area contributed by atoms with Crippen LogP contribution in [0, 0.1) is 5.92 Å². The molecule has 0 N–H and O–H groups in total. The van der Waals surface area contributed by atoms with Gasteiger partial charge in [0.05, 0.1) is 0 Å². The van der Waals surface area contributed by atoms with Crippen molar-refractivity contribution in [2.24, 2.45) is 5.92 Å². The molecule has 1 saturated heterocycles. The van der Waals surface area contributed by atoms with Crippen molar-refractivity contribution in [1.29, 1.82) is 0 Å². The SMILES string of the molecule is CC(C)CCN1CCCN([C@@H]2CCCc3ccccc32)CC1. The topological polar surface area (TPSA) is 6.48 Å². The molecule has 1 aromatic rings. The molecule has 1 aliphatic carbocycles. The monoisotopic (exact) mass is 300 g/mol. The molecule has 0 bridgehead atoms. The molecule has 0 radical (unpaired) electrons. The van der Waals surface area contributed by atoms with Crippen molar-refractivity contribution < 1.29 is 0 Å². The molecular weight excluding hydrogens is 268 g/mol. The number of hydrogen-bond acceptors (Lipinski definition) is 2. The van der Waals surface area contributed by atoms with Gasteiger partial charge in [0.25, 0.3) is 0 Å². The molecule has 3 rings (SSSR count). The zero-order chi connectivity index (χ0) is 15.4. The molecule has 0 unspecified atom stereocenters. The fourth-order valence-corrected chi connectivity index (χ4v) is 4.07. The second-order valence-electron chi connectivity index (χ2n) is 7.52. The molecule has 2 heteroatoms. The molecule has 122 valence electrons. The molecule has 1 heterocycles. The summed E-state index contributed by atoms with van der Waals surface area (Å²) in [7, 11) is 0. The van der Waals surface area contributed by atoms with Crippen LogP contribution in [0.15, 0.2) is 24.3 Å². The summed E-state index contributed by atoms with van der Waals surface area (Å²) in [5, 5.41) is 0. The number of rotatable bonds is 4. The lowest BCUT2D eigenvalue weighted by Crippen LogP contribution is -2.35. The normalized spacial score (nSPS) is 24.2. The van der Waals surface area contributed by atoms with Crippen molar-refractivity contribution in [3.63, 3.8) is 0 Å². The Labute approximate surface area is 136 Å². The minimum atomic E-state index is 0.676. The lowest BCUT2D eigenvalue weighted by molar-refractivity contribution is 0.180. The molecule has 1 atom stereocenters. The van der Waals surface area contributed by atoms with Crippen LogP contribution in [0.25, 0.3) is 0 Å². The highest BCUT2D eigenvalue weighted by Gasteiger charge is 2.27. The van der Waals surface area contributed by atoms with E-state index in [1.807, 2.05) is 0 Å². The lowest BCUT2D eigenvalue weighted by Gasteiger charge is -2.35. The van der Waals surface area contributed by atoms with Gasteiger partial charge in [-0.2, -0.15) is 0 Å². The average Bonchev–Trinajstić information content (AvgIpc) is 2.78. The van der Waals surface area contributed by atoms with E-state index >= 15 is 0 Å². The van der Waals surface area contributed by atoms with Gasteiger partial charge in [-0.3, -0.25) is 4.90 Å². The van der Waals surface area contributed by atoms with E-state index in [1.165, 1.54) is 64.8 Å². The van der Waals surface area contributed by atoms with Crippen LogP contribution in [0.1, 0.15) is 56.7 Å². The molecule has 1 fully saturated rings. The highest BCUT2D eigenvalue weighted by molar-refractivity contribution is 5.32. The highest BCUT2D eigenvalue weighted by Crippen LogP contribution is 2.34. The Kier molecular flexibility index (Phi) is 5.54. The van der Waals surface area contributed by atoms with Crippen LogP contribution in [0.3, 0.4) is 0 Å². The van der Waals surface area contributed by atoms with Crippen molar-refractivity contribution in [3.05, 3.63) is 35.4 Å².